The van der Waals surface area contributed by atoms with Crippen molar-refractivity contribution in [2.45, 2.75) is 0 Å². The average Bonchev–Trinajstić information content (AvgIpc) is 2.46. The Kier molecular flexibility index (Phi) is 7.56. The Balaban J connectivity index is 2.68. The van der Waals surface area contributed by atoms with Crippen molar-refractivity contribution in [3.05, 3.63) is 35.4 Å². The molecule has 6 heteroatoms. The van der Waals surface area contributed by atoms with Crippen LogP contribution in [0.4, 0.5) is 0 Å². The SMILES string of the molecule is CN(C)CCOC(=O)c1ccccc1C(=O)OCCN(C)C. The molecule has 0 aromatic heterocycles. The molecule has 0 bridgehead atoms. The van der Waals surface area contributed by atoms with Crippen LogP contribution in [-0.2, 0) is 9.47 Å². The molecule has 22 heavy (non-hydrogen) atoms. The van der Waals surface area contributed by atoms with Gasteiger partial charge < -0.3 is 19.3 Å². The lowest BCUT2D eigenvalue weighted by Gasteiger charge is -2.13. The lowest BCUT2D eigenvalue weighted by atomic mass is 10.1. The number of benzene rings is 1. The second-order valence-corrected chi connectivity index (χ2v) is 5.42. The number of carbonyl (C=O) groups is 2. The van der Waals surface area contributed by atoms with Gasteiger partial charge in [0.05, 0.1) is 11.1 Å². The van der Waals surface area contributed by atoms with Crippen LogP contribution in [0.2, 0.25) is 0 Å². The summed E-state index contributed by atoms with van der Waals surface area (Å²) in [7, 11) is 7.57. The molecule has 122 valence electrons. The first-order chi connectivity index (χ1) is 10.4. The third-order valence-electron chi connectivity index (χ3n) is 2.91. The molecule has 0 unspecified atom stereocenters. The Hall–Kier alpha value is -1.92. The zero-order valence-corrected chi connectivity index (χ0v) is 13.7. The summed E-state index contributed by atoms with van der Waals surface area (Å²) in [5.74, 6) is -1.02. The standard InChI is InChI=1S/C16H24N2O4/c1-17(2)9-11-21-15(19)13-7-5-6-8-14(13)16(20)22-12-10-18(3)4/h5-8H,9-12H2,1-4H3. The fraction of sp³-hybridized carbons (Fsp3) is 0.500. The highest BCUT2D eigenvalue weighted by molar-refractivity contribution is 6.03. The van der Waals surface area contributed by atoms with Gasteiger partial charge in [0.15, 0.2) is 0 Å². The number of likely N-dealkylation sites (N-methyl/N-ethyl adjacent to an activating group) is 2. The Labute approximate surface area is 131 Å². The molecular formula is C16H24N2O4. The van der Waals surface area contributed by atoms with E-state index in [1.165, 1.54) is 0 Å². The molecule has 6 nitrogen and oxygen atoms in total. The lowest BCUT2D eigenvalue weighted by molar-refractivity contribution is 0.0434. The third kappa shape index (κ3) is 6.24. The molecule has 1 aromatic rings. The van der Waals surface area contributed by atoms with Gasteiger partial charge in [-0.05, 0) is 40.3 Å². The van der Waals surface area contributed by atoms with Crippen LogP contribution in [0, 0.1) is 0 Å². The van der Waals surface area contributed by atoms with Crippen LogP contribution in [0.5, 0.6) is 0 Å². The molecular weight excluding hydrogens is 284 g/mol. The molecule has 0 saturated carbocycles. The van der Waals surface area contributed by atoms with E-state index in [1.54, 1.807) is 24.3 Å². The van der Waals surface area contributed by atoms with Crippen LogP contribution in [0.1, 0.15) is 20.7 Å². The molecule has 0 heterocycles. The number of rotatable bonds is 8. The van der Waals surface area contributed by atoms with Crippen molar-refractivity contribution < 1.29 is 19.1 Å². The van der Waals surface area contributed by atoms with Crippen LogP contribution in [-0.4, -0.2) is 76.2 Å². The molecule has 0 saturated heterocycles. The summed E-state index contributed by atoms with van der Waals surface area (Å²) in [6, 6.07) is 6.53. The third-order valence-corrected chi connectivity index (χ3v) is 2.91. The first kappa shape index (κ1) is 18.1. The molecule has 0 aliphatic heterocycles. The van der Waals surface area contributed by atoms with Crippen molar-refractivity contribution >= 4 is 11.9 Å². The monoisotopic (exact) mass is 308 g/mol. The predicted octanol–water partition coefficient (Wildman–Crippen LogP) is 1.12. The predicted molar refractivity (Wildman–Crippen MR) is 84.1 cm³/mol. The maximum absolute atomic E-state index is 12.1. The van der Waals surface area contributed by atoms with Crippen molar-refractivity contribution in [3.8, 4) is 0 Å². The highest BCUT2D eigenvalue weighted by atomic mass is 16.5. The van der Waals surface area contributed by atoms with E-state index in [2.05, 4.69) is 0 Å². The lowest BCUT2D eigenvalue weighted by Crippen LogP contribution is -2.22. The Morgan fingerprint density at radius 3 is 1.50 bits per heavy atom. The minimum atomic E-state index is -0.512. The highest BCUT2D eigenvalue weighted by Gasteiger charge is 2.18. The molecule has 0 radical (unpaired) electrons. The molecule has 0 N–H and O–H groups in total. The number of hydrogen-bond acceptors (Lipinski definition) is 6. The van der Waals surface area contributed by atoms with Crippen LogP contribution < -0.4 is 0 Å². The molecule has 0 spiro atoms. The van der Waals surface area contributed by atoms with E-state index < -0.39 is 11.9 Å². The van der Waals surface area contributed by atoms with E-state index >= 15 is 0 Å². The summed E-state index contributed by atoms with van der Waals surface area (Å²) in [6.45, 7) is 1.80. The highest BCUT2D eigenvalue weighted by Crippen LogP contribution is 2.12. The van der Waals surface area contributed by atoms with E-state index in [-0.39, 0.29) is 24.3 Å². The number of ether oxygens (including phenoxy) is 2. The summed E-state index contributed by atoms with van der Waals surface area (Å²) in [4.78, 5) is 28.0. The van der Waals surface area contributed by atoms with Gasteiger partial charge in [0, 0.05) is 13.1 Å². The Bertz CT molecular complexity index is 456. The van der Waals surface area contributed by atoms with Crippen LogP contribution in [0.3, 0.4) is 0 Å². The fourth-order valence-corrected chi connectivity index (χ4v) is 1.64. The summed E-state index contributed by atoms with van der Waals surface area (Å²) in [5.41, 5.74) is 0.465. The average molecular weight is 308 g/mol. The summed E-state index contributed by atoms with van der Waals surface area (Å²) in [5, 5.41) is 0. The summed E-state index contributed by atoms with van der Waals surface area (Å²) < 4.78 is 10.4. The van der Waals surface area contributed by atoms with E-state index in [4.69, 9.17) is 9.47 Å². The van der Waals surface area contributed by atoms with Gasteiger partial charge in [-0.15, -0.1) is 0 Å². The van der Waals surface area contributed by atoms with Gasteiger partial charge >= 0.3 is 11.9 Å². The molecule has 0 fully saturated rings. The Morgan fingerprint density at radius 1 is 0.818 bits per heavy atom. The van der Waals surface area contributed by atoms with Crippen LogP contribution >= 0.6 is 0 Å². The molecule has 0 amide bonds. The van der Waals surface area contributed by atoms with Gasteiger partial charge in [-0.25, -0.2) is 9.59 Å². The van der Waals surface area contributed by atoms with Gasteiger partial charge in [-0.3, -0.25) is 0 Å². The second-order valence-electron chi connectivity index (χ2n) is 5.42. The first-order valence-electron chi connectivity index (χ1n) is 7.14. The largest absolute Gasteiger partial charge is 0.461 e. The minimum Gasteiger partial charge on any atom is -0.461 e. The number of nitrogens with zero attached hydrogens (tertiary/aromatic N) is 2. The van der Waals surface area contributed by atoms with Crippen molar-refractivity contribution in [2.75, 3.05) is 54.5 Å². The normalized spacial score (nSPS) is 10.8. The van der Waals surface area contributed by atoms with Gasteiger partial charge in [0.2, 0.25) is 0 Å². The van der Waals surface area contributed by atoms with E-state index in [9.17, 15) is 9.59 Å². The van der Waals surface area contributed by atoms with E-state index in [1.807, 2.05) is 38.0 Å². The topological polar surface area (TPSA) is 59.1 Å². The zero-order valence-electron chi connectivity index (χ0n) is 13.7. The van der Waals surface area contributed by atoms with Gasteiger partial charge in [0.25, 0.3) is 0 Å². The second kappa shape index (κ2) is 9.17. The van der Waals surface area contributed by atoms with Crippen molar-refractivity contribution in [3.63, 3.8) is 0 Å². The van der Waals surface area contributed by atoms with Crippen LogP contribution in [0.25, 0.3) is 0 Å². The fourth-order valence-electron chi connectivity index (χ4n) is 1.64. The maximum Gasteiger partial charge on any atom is 0.339 e. The minimum absolute atomic E-state index is 0.233. The smallest absolute Gasteiger partial charge is 0.339 e. The summed E-state index contributed by atoms with van der Waals surface area (Å²) >= 11 is 0. The van der Waals surface area contributed by atoms with E-state index in [0.29, 0.717) is 13.1 Å². The molecule has 0 aliphatic rings. The molecule has 1 rings (SSSR count). The molecule has 0 atom stereocenters. The first-order valence-corrected chi connectivity index (χ1v) is 7.14. The van der Waals surface area contributed by atoms with Crippen LogP contribution in [0.15, 0.2) is 24.3 Å². The van der Waals surface area contributed by atoms with Crippen molar-refractivity contribution in [1.82, 2.24) is 9.80 Å². The quantitative estimate of drug-likeness (QED) is 0.671. The van der Waals surface area contributed by atoms with Gasteiger partial charge in [-0.2, -0.15) is 0 Å². The zero-order chi connectivity index (χ0) is 16.5. The Morgan fingerprint density at radius 2 is 1.18 bits per heavy atom. The number of esters is 2. The molecule has 1 aromatic carbocycles. The number of hydrogen-bond donors (Lipinski definition) is 0. The van der Waals surface area contributed by atoms with Gasteiger partial charge in [0.1, 0.15) is 13.2 Å². The van der Waals surface area contributed by atoms with Crippen molar-refractivity contribution in [2.24, 2.45) is 0 Å². The van der Waals surface area contributed by atoms with Crippen molar-refractivity contribution in [1.29, 1.82) is 0 Å². The molecule has 0 aliphatic carbocycles. The summed E-state index contributed by atoms with van der Waals surface area (Å²) in [6.07, 6.45) is 0. The maximum atomic E-state index is 12.1. The van der Waals surface area contributed by atoms with Gasteiger partial charge in [-0.1, -0.05) is 12.1 Å². The number of carbonyl (C=O) groups excluding carboxylic acids is 2. The van der Waals surface area contributed by atoms with E-state index in [0.717, 1.165) is 0 Å².